The SMILES string of the molecule is CCNC(=NCCc1nc(-c2ccc(Cl)cc2)no1)N1CC2CCCCC2C1.I. The molecule has 158 valence electrons. The topological polar surface area (TPSA) is 66.5 Å². The highest BCUT2D eigenvalue weighted by Gasteiger charge is 2.35. The molecule has 1 N–H and O–H groups in total. The fourth-order valence-electron chi connectivity index (χ4n) is 4.33. The Bertz CT molecular complexity index is 796. The maximum absolute atomic E-state index is 5.93. The summed E-state index contributed by atoms with van der Waals surface area (Å²) in [4.78, 5) is 11.8. The van der Waals surface area contributed by atoms with E-state index in [-0.39, 0.29) is 24.0 Å². The Kier molecular flexibility index (Phi) is 8.17. The van der Waals surface area contributed by atoms with Crippen molar-refractivity contribution in [1.29, 1.82) is 0 Å². The van der Waals surface area contributed by atoms with Gasteiger partial charge in [-0.3, -0.25) is 4.99 Å². The molecule has 0 radical (unpaired) electrons. The molecule has 0 spiro atoms. The third-order valence-electron chi connectivity index (χ3n) is 5.77. The summed E-state index contributed by atoms with van der Waals surface area (Å²) in [6.07, 6.45) is 6.15. The van der Waals surface area contributed by atoms with Crippen molar-refractivity contribution >= 4 is 41.5 Å². The van der Waals surface area contributed by atoms with E-state index in [1.807, 2.05) is 24.3 Å². The van der Waals surface area contributed by atoms with Gasteiger partial charge in [-0.25, -0.2) is 0 Å². The van der Waals surface area contributed by atoms with Crippen LogP contribution >= 0.6 is 35.6 Å². The largest absolute Gasteiger partial charge is 0.357 e. The highest BCUT2D eigenvalue weighted by molar-refractivity contribution is 14.0. The van der Waals surface area contributed by atoms with Crippen molar-refractivity contribution in [1.82, 2.24) is 20.4 Å². The maximum Gasteiger partial charge on any atom is 0.228 e. The number of hydrogen-bond donors (Lipinski definition) is 1. The van der Waals surface area contributed by atoms with Crippen molar-refractivity contribution < 1.29 is 4.52 Å². The Balaban J connectivity index is 0.00000240. The van der Waals surface area contributed by atoms with E-state index < -0.39 is 0 Å². The van der Waals surface area contributed by atoms with Crippen LogP contribution in [-0.4, -0.2) is 47.2 Å². The Labute approximate surface area is 194 Å². The molecule has 2 unspecified atom stereocenters. The number of halogens is 2. The third-order valence-corrected chi connectivity index (χ3v) is 6.02. The second-order valence-electron chi connectivity index (χ2n) is 7.71. The molecule has 2 atom stereocenters. The van der Waals surface area contributed by atoms with E-state index in [0.29, 0.717) is 29.7 Å². The molecule has 2 heterocycles. The molecule has 0 bridgehead atoms. The van der Waals surface area contributed by atoms with E-state index in [1.54, 1.807) is 0 Å². The fourth-order valence-corrected chi connectivity index (χ4v) is 4.46. The summed E-state index contributed by atoms with van der Waals surface area (Å²) in [5.74, 6) is 3.91. The zero-order chi connectivity index (χ0) is 19.3. The first-order valence-corrected chi connectivity index (χ1v) is 10.7. The van der Waals surface area contributed by atoms with Crippen LogP contribution in [0.25, 0.3) is 11.4 Å². The van der Waals surface area contributed by atoms with Crippen LogP contribution in [-0.2, 0) is 6.42 Å². The molecule has 4 rings (SSSR count). The molecule has 1 aromatic heterocycles. The number of aliphatic imine (C=N–C) groups is 1. The Morgan fingerprint density at radius 2 is 1.90 bits per heavy atom. The minimum Gasteiger partial charge on any atom is -0.357 e. The normalized spacial score (nSPS) is 21.6. The highest BCUT2D eigenvalue weighted by Crippen LogP contribution is 2.35. The molecular formula is C21H29ClIN5O. The minimum absolute atomic E-state index is 0. The number of benzene rings is 1. The predicted octanol–water partition coefficient (Wildman–Crippen LogP) is 4.64. The van der Waals surface area contributed by atoms with Gasteiger partial charge in [0.15, 0.2) is 5.96 Å². The lowest BCUT2D eigenvalue weighted by Gasteiger charge is -2.22. The van der Waals surface area contributed by atoms with E-state index in [1.165, 1.54) is 25.7 Å². The summed E-state index contributed by atoms with van der Waals surface area (Å²) in [6.45, 7) is 5.91. The predicted molar refractivity (Wildman–Crippen MR) is 127 cm³/mol. The highest BCUT2D eigenvalue weighted by atomic mass is 127. The summed E-state index contributed by atoms with van der Waals surface area (Å²) in [7, 11) is 0. The Hall–Kier alpha value is -1.35. The van der Waals surface area contributed by atoms with Crippen LogP contribution in [0.2, 0.25) is 5.02 Å². The number of nitrogens with zero attached hydrogens (tertiary/aromatic N) is 4. The summed E-state index contributed by atoms with van der Waals surface area (Å²) in [5, 5.41) is 8.22. The summed E-state index contributed by atoms with van der Waals surface area (Å²) >= 11 is 5.93. The van der Waals surface area contributed by atoms with Crippen molar-refractivity contribution in [3.8, 4) is 11.4 Å². The number of rotatable bonds is 5. The smallest absolute Gasteiger partial charge is 0.228 e. The van der Waals surface area contributed by atoms with Crippen LogP contribution in [0.5, 0.6) is 0 Å². The molecule has 1 aliphatic carbocycles. The van der Waals surface area contributed by atoms with Gasteiger partial charge in [0.05, 0.1) is 6.54 Å². The molecule has 2 aliphatic rings. The van der Waals surface area contributed by atoms with Gasteiger partial charge in [-0.1, -0.05) is 29.6 Å². The molecule has 8 heteroatoms. The van der Waals surface area contributed by atoms with Crippen LogP contribution in [0.4, 0.5) is 0 Å². The first kappa shape index (κ1) is 22.3. The molecule has 6 nitrogen and oxygen atoms in total. The molecule has 2 fully saturated rings. The van der Waals surface area contributed by atoms with Gasteiger partial charge >= 0.3 is 0 Å². The summed E-state index contributed by atoms with van der Waals surface area (Å²) < 4.78 is 5.40. The quantitative estimate of drug-likeness (QED) is 0.347. The molecule has 29 heavy (non-hydrogen) atoms. The number of fused-ring (bicyclic) bond motifs is 1. The fraction of sp³-hybridized carbons (Fsp3) is 0.571. The molecule has 2 aromatic rings. The van der Waals surface area contributed by atoms with E-state index in [2.05, 4.69) is 27.3 Å². The van der Waals surface area contributed by atoms with Crippen molar-refractivity contribution in [3.63, 3.8) is 0 Å². The standard InChI is InChI=1S/C21H28ClN5O.HI/c1-2-23-21(27-13-16-5-3-4-6-17(16)14-27)24-12-11-19-25-20(26-28-19)15-7-9-18(22)10-8-15;/h7-10,16-17H,2-6,11-14H2,1H3,(H,23,24);1H. The zero-order valence-corrected chi connectivity index (χ0v) is 19.9. The number of aromatic nitrogens is 2. The van der Waals surface area contributed by atoms with E-state index in [0.717, 1.165) is 43.0 Å². The molecule has 0 amide bonds. The average Bonchev–Trinajstić information content (AvgIpc) is 3.35. The van der Waals surface area contributed by atoms with E-state index in [4.69, 9.17) is 21.1 Å². The molecular weight excluding hydrogens is 501 g/mol. The first-order chi connectivity index (χ1) is 13.7. The third kappa shape index (κ3) is 5.63. The van der Waals surface area contributed by atoms with Crippen molar-refractivity contribution in [2.45, 2.75) is 39.0 Å². The molecule has 1 saturated carbocycles. The summed E-state index contributed by atoms with van der Waals surface area (Å²) in [6, 6.07) is 7.44. The van der Waals surface area contributed by atoms with Gasteiger partial charge < -0.3 is 14.7 Å². The number of nitrogens with one attached hydrogen (secondary N) is 1. The van der Waals surface area contributed by atoms with Crippen LogP contribution in [0.1, 0.15) is 38.5 Å². The van der Waals surface area contributed by atoms with Crippen LogP contribution < -0.4 is 5.32 Å². The van der Waals surface area contributed by atoms with Crippen molar-refractivity contribution in [2.24, 2.45) is 16.8 Å². The number of guanidine groups is 1. The van der Waals surface area contributed by atoms with Gasteiger partial charge in [-0.05, 0) is 55.9 Å². The molecule has 1 aliphatic heterocycles. The second-order valence-corrected chi connectivity index (χ2v) is 8.15. The Morgan fingerprint density at radius 1 is 1.21 bits per heavy atom. The summed E-state index contributed by atoms with van der Waals surface area (Å²) in [5.41, 5.74) is 0.899. The number of hydrogen-bond acceptors (Lipinski definition) is 4. The number of likely N-dealkylation sites (tertiary alicyclic amines) is 1. The minimum atomic E-state index is 0. The lowest BCUT2D eigenvalue weighted by atomic mass is 9.82. The monoisotopic (exact) mass is 529 g/mol. The van der Waals surface area contributed by atoms with E-state index >= 15 is 0 Å². The lowest BCUT2D eigenvalue weighted by Crippen LogP contribution is -2.40. The average molecular weight is 530 g/mol. The van der Waals surface area contributed by atoms with E-state index in [9.17, 15) is 0 Å². The Morgan fingerprint density at radius 3 is 2.55 bits per heavy atom. The van der Waals surface area contributed by atoms with Crippen molar-refractivity contribution in [2.75, 3.05) is 26.2 Å². The van der Waals surface area contributed by atoms with Gasteiger partial charge in [0, 0.05) is 36.6 Å². The second kappa shape index (κ2) is 10.6. The van der Waals surface area contributed by atoms with Crippen LogP contribution in [0.15, 0.2) is 33.8 Å². The van der Waals surface area contributed by atoms with Gasteiger partial charge in [0.2, 0.25) is 11.7 Å². The van der Waals surface area contributed by atoms with Crippen LogP contribution in [0.3, 0.4) is 0 Å². The first-order valence-electron chi connectivity index (χ1n) is 10.3. The zero-order valence-electron chi connectivity index (χ0n) is 16.8. The lowest BCUT2D eigenvalue weighted by molar-refractivity contribution is 0.299. The van der Waals surface area contributed by atoms with Gasteiger partial charge in [-0.15, -0.1) is 24.0 Å². The van der Waals surface area contributed by atoms with Gasteiger partial charge in [-0.2, -0.15) is 4.98 Å². The van der Waals surface area contributed by atoms with Crippen molar-refractivity contribution in [3.05, 3.63) is 35.2 Å². The maximum atomic E-state index is 5.93. The molecule has 1 aromatic carbocycles. The van der Waals surface area contributed by atoms with Gasteiger partial charge in [0.1, 0.15) is 0 Å². The van der Waals surface area contributed by atoms with Gasteiger partial charge in [0.25, 0.3) is 0 Å². The molecule has 1 saturated heterocycles. The van der Waals surface area contributed by atoms with Crippen LogP contribution in [0, 0.1) is 11.8 Å².